The topological polar surface area (TPSA) is 52.9 Å². The van der Waals surface area contributed by atoms with Crippen molar-refractivity contribution in [2.45, 2.75) is 13.0 Å². The minimum atomic E-state index is -0.152. The van der Waals surface area contributed by atoms with E-state index in [2.05, 4.69) is 5.32 Å². The van der Waals surface area contributed by atoms with Gasteiger partial charge in [-0.1, -0.05) is 6.92 Å². The Morgan fingerprint density at radius 3 is 2.19 bits per heavy atom. The van der Waals surface area contributed by atoms with Crippen LogP contribution in [0.4, 0.5) is 0 Å². The first-order valence-corrected chi connectivity index (χ1v) is 6.81. The van der Waals surface area contributed by atoms with Crippen LogP contribution in [0.25, 0.3) is 0 Å². The summed E-state index contributed by atoms with van der Waals surface area (Å²) in [6.07, 6.45) is 1.65. The number of rotatable bonds is 7. The first-order valence-electron chi connectivity index (χ1n) is 6.81. The lowest BCUT2D eigenvalue weighted by Gasteiger charge is -2.22. The van der Waals surface area contributed by atoms with E-state index in [0.29, 0.717) is 17.2 Å². The van der Waals surface area contributed by atoms with Gasteiger partial charge in [0.15, 0.2) is 0 Å². The zero-order valence-electron chi connectivity index (χ0n) is 12.8. The molecule has 0 fully saturated rings. The van der Waals surface area contributed by atoms with E-state index in [0.717, 1.165) is 17.9 Å². The molecule has 5 nitrogen and oxygen atoms in total. The fourth-order valence-corrected chi connectivity index (χ4v) is 2.32. The molecule has 5 heteroatoms. The molecular weight excluding hydrogens is 270 g/mol. The first-order chi connectivity index (χ1) is 10.2. The average molecular weight is 291 g/mol. The van der Waals surface area contributed by atoms with Crippen LogP contribution in [0.15, 0.2) is 34.9 Å². The molecule has 1 N–H and O–H groups in total. The van der Waals surface area contributed by atoms with Gasteiger partial charge in [-0.3, -0.25) is 0 Å². The molecular formula is C16H21NO4. The minimum Gasteiger partial charge on any atom is -0.496 e. The third-order valence-corrected chi connectivity index (χ3v) is 3.28. The number of benzene rings is 1. The molecule has 21 heavy (non-hydrogen) atoms. The highest BCUT2D eigenvalue weighted by Gasteiger charge is 2.25. The van der Waals surface area contributed by atoms with Crippen LogP contribution in [0.1, 0.15) is 24.3 Å². The van der Waals surface area contributed by atoms with E-state index in [1.54, 1.807) is 27.6 Å². The molecule has 0 radical (unpaired) electrons. The first kappa shape index (κ1) is 15.3. The van der Waals surface area contributed by atoms with Crippen molar-refractivity contribution in [2.75, 3.05) is 27.9 Å². The van der Waals surface area contributed by atoms with Gasteiger partial charge in [-0.05, 0) is 18.7 Å². The fraction of sp³-hybridized carbons (Fsp3) is 0.375. The number of furan rings is 1. The number of ether oxygens (including phenoxy) is 3. The van der Waals surface area contributed by atoms with Gasteiger partial charge in [0, 0.05) is 12.1 Å². The molecule has 114 valence electrons. The molecule has 0 bridgehead atoms. The summed E-state index contributed by atoms with van der Waals surface area (Å²) in [6, 6.07) is 7.32. The van der Waals surface area contributed by atoms with E-state index in [1.807, 2.05) is 31.2 Å². The summed E-state index contributed by atoms with van der Waals surface area (Å²) in [7, 11) is 4.87. The van der Waals surface area contributed by atoms with Crippen molar-refractivity contribution >= 4 is 0 Å². The highest BCUT2D eigenvalue weighted by Crippen LogP contribution is 2.40. The van der Waals surface area contributed by atoms with E-state index in [-0.39, 0.29) is 6.04 Å². The third-order valence-electron chi connectivity index (χ3n) is 3.28. The van der Waals surface area contributed by atoms with Gasteiger partial charge in [-0.2, -0.15) is 0 Å². The lowest BCUT2D eigenvalue weighted by Crippen LogP contribution is -2.22. The van der Waals surface area contributed by atoms with Gasteiger partial charge in [0.2, 0.25) is 0 Å². The van der Waals surface area contributed by atoms with Crippen molar-refractivity contribution in [1.82, 2.24) is 5.32 Å². The predicted octanol–water partition coefficient (Wildman–Crippen LogP) is 3.00. The molecule has 1 heterocycles. The molecule has 2 rings (SSSR count). The summed E-state index contributed by atoms with van der Waals surface area (Å²) < 4.78 is 21.9. The van der Waals surface area contributed by atoms with Crippen molar-refractivity contribution in [3.05, 3.63) is 41.9 Å². The summed E-state index contributed by atoms with van der Waals surface area (Å²) >= 11 is 0. The second kappa shape index (κ2) is 7.04. The van der Waals surface area contributed by atoms with Crippen LogP contribution in [-0.2, 0) is 0 Å². The quantitative estimate of drug-likeness (QED) is 0.850. The second-order valence-corrected chi connectivity index (χ2v) is 4.45. The van der Waals surface area contributed by atoms with Gasteiger partial charge in [0.05, 0.1) is 39.2 Å². The number of hydrogen-bond donors (Lipinski definition) is 1. The summed E-state index contributed by atoms with van der Waals surface area (Å²) in [5.41, 5.74) is 0.887. The van der Waals surface area contributed by atoms with E-state index < -0.39 is 0 Å². The Balaban J connectivity index is 2.57. The van der Waals surface area contributed by atoms with Crippen molar-refractivity contribution in [3.63, 3.8) is 0 Å². The number of nitrogens with one attached hydrogen (secondary N) is 1. The molecule has 0 amide bonds. The van der Waals surface area contributed by atoms with Gasteiger partial charge in [0.1, 0.15) is 23.0 Å². The highest BCUT2D eigenvalue weighted by atomic mass is 16.5. The molecule has 0 spiro atoms. The fourth-order valence-electron chi connectivity index (χ4n) is 2.32. The summed E-state index contributed by atoms with van der Waals surface area (Å²) in [6.45, 7) is 2.82. The summed E-state index contributed by atoms with van der Waals surface area (Å²) in [5, 5.41) is 3.39. The molecule has 1 unspecified atom stereocenters. The van der Waals surface area contributed by atoms with Gasteiger partial charge in [-0.15, -0.1) is 0 Å². The molecule has 0 aliphatic carbocycles. The molecule has 1 atom stereocenters. The van der Waals surface area contributed by atoms with Crippen molar-refractivity contribution < 1.29 is 18.6 Å². The Hall–Kier alpha value is -2.14. The predicted molar refractivity (Wildman–Crippen MR) is 80.3 cm³/mol. The zero-order chi connectivity index (χ0) is 15.2. The van der Waals surface area contributed by atoms with Crippen LogP contribution >= 0.6 is 0 Å². The van der Waals surface area contributed by atoms with Crippen LogP contribution in [0.3, 0.4) is 0 Å². The Morgan fingerprint density at radius 2 is 1.76 bits per heavy atom. The summed E-state index contributed by atoms with van der Waals surface area (Å²) in [4.78, 5) is 0. The Morgan fingerprint density at radius 1 is 1.10 bits per heavy atom. The van der Waals surface area contributed by atoms with E-state index >= 15 is 0 Å². The lowest BCUT2D eigenvalue weighted by molar-refractivity contribution is 0.355. The van der Waals surface area contributed by atoms with Crippen molar-refractivity contribution in [2.24, 2.45) is 0 Å². The Bertz CT molecular complexity index is 541. The molecule has 2 aromatic rings. The van der Waals surface area contributed by atoms with Gasteiger partial charge < -0.3 is 23.9 Å². The molecule has 0 saturated carbocycles. The van der Waals surface area contributed by atoms with Crippen LogP contribution in [0, 0.1) is 0 Å². The monoisotopic (exact) mass is 291 g/mol. The smallest absolute Gasteiger partial charge is 0.131 e. The van der Waals surface area contributed by atoms with Crippen molar-refractivity contribution in [3.8, 4) is 17.2 Å². The van der Waals surface area contributed by atoms with Crippen LogP contribution in [-0.4, -0.2) is 27.9 Å². The summed E-state index contributed by atoms with van der Waals surface area (Å²) in [5.74, 6) is 2.86. The van der Waals surface area contributed by atoms with E-state index in [1.165, 1.54) is 0 Å². The Kier molecular flexibility index (Phi) is 5.11. The van der Waals surface area contributed by atoms with Crippen LogP contribution in [0.2, 0.25) is 0 Å². The second-order valence-electron chi connectivity index (χ2n) is 4.45. The Labute approximate surface area is 124 Å². The zero-order valence-corrected chi connectivity index (χ0v) is 12.8. The van der Waals surface area contributed by atoms with Crippen molar-refractivity contribution in [1.29, 1.82) is 0 Å². The van der Waals surface area contributed by atoms with Gasteiger partial charge in [-0.25, -0.2) is 0 Å². The van der Waals surface area contributed by atoms with Gasteiger partial charge in [0.25, 0.3) is 0 Å². The normalized spacial score (nSPS) is 12.0. The maximum Gasteiger partial charge on any atom is 0.131 e. The highest BCUT2D eigenvalue weighted by molar-refractivity contribution is 5.54. The minimum absolute atomic E-state index is 0.152. The number of methoxy groups -OCH3 is 3. The largest absolute Gasteiger partial charge is 0.496 e. The van der Waals surface area contributed by atoms with E-state index in [9.17, 15) is 0 Å². The molecule has 0 aliphatic rings. The average Bonchev–Trinajstić information content (AvgIpc) is 3.05. The molecule has 1 aromatic carbocycles. The molecule has 1 aromatic heterocycles. The lowest BCUT2D eigenvalue weighted by atomic mass is 10.0. The van der Waals surface area contributed by atoms with Gasteiger partial charge >= 0.3 is 0 Å². The SMILES string of the molecule is CCNC(c1ccco1)c1c(OC)cc(OC)cc1OC. The van der Waals surface area contributed by atoms with E-state index in [4.69, 9.17) is 18.6 Å². The maximum atomic E-state index is 5.55. The van der Waals surface area contributed by atoms with Crippen LogP contribution < -0.4 is 19.5 Å². The third kappa shape index (κ3) is 3.13. The number of hydrogen-bond acceptors (Lipinski definition) is 5. The van der Waals surface area contributed by atoms with Crippen LogP contribution in [0.5, 0.6) is 17.2 Å². The molecule has 0 saturated heterocycles. The standard InChI is InChI=1S/C16H21NO4/c1-5-17-16(12-7-6-8-21-12)15-13(19-3)9-11(18-2)10-14(15)20-4/h6-10,16-17H,5H2,1-4H3. The molecule has 0 aliphatic heterocycles. The maximum absolute atomic E-state index is 5.55.